The van der Waals surface area contributed by atoms with Gasteiger partial charge in [0.1, 0.15) is 0 Å². The van der Waals surface area contributed by atoms with Crippen molar-refractivity contribution in [2.45, 2.75) is 39.5 Å². The van der Waals surface area contributed by atoms with Gasteiger partial charge in [0.2, 0.25) is 0 Å². The van der Waals surface area contributed by atoms with Gasteiger partial charge < -0.3 is 15.5 Å². The van der Waals surface area contributed by atoms with E-state index in [1.807, 2.05) is 68.4 Å². The summed E-state index contributed by atoms with van der Waals surface area (Å²) in [4.78, 5) is 14.8. The zero-order chi connectivity index (χ0) is 21.6. The number of amides is 2. The average Bonchev–Trinajstić information content (AvgIpc) is 3.06. The van der Waals surface area contributed by atoms with Crippen LogP contribution in [0.2, 0.25) is 0 Å². The van der Waals surface area contributed by atoms with Crippen LogP contribution in [0.4, 0.5) is 22.0 Å². The molecule has 1 aliphatic rings. The number of urea groups is 1. The van der Waals surface area contributed by atoms with Crippen molar-refractivity contribution in [3.05, 3.63) is 65.7 Å². The van der Waals surface area contributed by atoms with Gasteiger partial charge in [0.15, 0.2) is 5.82 Å². The molecule has 3 aromatic rings. The van der Waals surface area contributed by atoms with E-state index in [0.717, 1.165) is 41.4 Å². The molecule has 1 aromatic heterocycles. The predicted molar refractivity (Wildman–Crippen MR) is 127 cm³/mol. The third kappa shape index (κ3) is 5.40. The molecular weight excluding hydrogens is 386 g/mol. The van der Waals surface area contributed by atoms with E-state index in [1.54, 1.807) is 0 Å². The maximum Gasteiger partial charge on any atom is 0.323 e. The van der Waals surface area contributed by atoms with Crippen molar-refractivity contribution < 1.29 is 4.79 Å². The molecule has 0 radical (unpaired) electrons. The second kappa shape index (κ2) is 9.60. The number of hydrogen-bond acceptors (Lipinski definition) is 4. The summed E-state index contributed by atoms with van der Waals surface area (Å²) in [5, 5.41) is 14.7. The lowest BCUT2D eigenvalue weighted by Crippen LogP contribution is -2.25. The van der Waals surface area contributed by atoms with E-state index in [9.17, 15) is 4.79 Å². The van der Waals surface area contributed by atoms with E-state index in [2.05, 4.69) is 25.7 Å². The first-order valence-electron chi connectivity index (χ1n) is 10.9. The highest BCUT2D eigenvalue weighted by molar-refractivity contribution is 6.00. The van der Waals surface area contributed by atoms with E-state index < -0.39 is 0 Å². The minimum Gasteiger partial charge on any atom is -0.355 e. The molecule has 6 nitrogen and oxygen atoms in total. The zero-order valence-electron chi connectivity index (χ0n) is 18.2. The first kappa shape index (κ1) is 20.8. The van der Waals surface area contributed by atoms with Crippen molar-refractivity contribution >= 4 is 23.2 Å². The van der Waals surface area contributed by atoms with Crippen molar-refractivity contribution in [1.29, 1.82) is 0 Å². The normalized spacial score (nSPS) is 14.1. The molecule has 0 aliphatic carbocycles. The zero-order valence-corrected chi connectivity index (χ0v) is 18.2. The molecule has 0 atom stereocenters. The van der Waals surface area contributed by atoms with Gasteiger partial charge in [-0.1, -0.05) is 42.7 Å². The van der Waals surface area contributed by atoms with E-state index >= 15 is 0 Å². The topological polar surface area (TPSA) is 70.2 Å². The molecule has 1 aliphatic heterocycles. The van der Waals surface area contributed by atoms with Crippen LogP contribution < -0.4 is 15.5 Å². The summed E-state index contributed by atoms with van der Waals surface area (Å²) in [6.07, 6.45) is 5.00. The van der Waals surface area contributed by atoms with Gasteiger partial charge in [0.25, 0.3) is 0 Å². The fourth-order valence-electron chi connectivity index (χ4n) is 3.94. The van der Waals surface area contributed by atoms with Crippen molar-refractivity contribution in [2.75, 3.05) is 28.6 Å². The number of carbonyl (C=O) groups excluding carboxylic acids is 1. The monoisotopic (exact) mass is 415 g/mol. The van der Waals surface area contributed by atoms with Crippen LogP contribution in [0.15, 0.2) is 54.6 Å². The van der Waals surface area contributed by atoms with Crippen molar-refractivity contribution in [3.8, 4) is 11.3 Å². The molecule has 0 bridgehead atoms. The van der Waals surface area contributed by atoms with Crippen LogP contribution in [-0.4, -0.2) is 29.3 Å². The van der Waals surface area contributed by atoms with Gasteiger partial charge >= 0.3 is 6.03 Å². The fourth-order valence-corrected chi connectivity index (χ4v) is 3.94. The molecule has 6 heteroatoms. The Balaban J connectivity index is 1.43. The second-order valence-corrected chi connectivity index (χ2v) is 8.16. The lowest BCUT2D eigenvalue weighted by Gasteiger charge is -2.20. The van der Waals surface area contributed by atoms with Gasteiger partial charge in [-0.05, 0) is 62.6 Å². The molecule has 2 heterocycles. The van der Waals surface area contributed by atoms with Crippen LogP contribution >= 0.6 is 0 Å². The van der Waals surface area contributed by atoms with E-state index in [0.29, 0.717) is 5.69 Å². The maximum absolute atomic E-state index is 12.5. The number of anilines is 3. The van der Waals surface area contributed by atoms with Gasteiger partial charge in [-0.25, -0.2) is 4.79 Å². The van der Waals surface area contributed by atoms with E-state index in [1.165, 1.54) is 31.2 Å². The molecule has 2 N–H and O–H groups in total. The summed E-state index contributed by atoms with van der Waals surface area (Å²) in [6, 6.07) is 17.4. The molecule has 31 heavy (non-hydrogen) atoms. The Morgan fingerprint density at radius 2 is 1.68 bits per heavy atom. The van der Waals surface area contributed by atoms with E-state index in [-0.39, 0.29) is 6.03 Å². The average molecular weight is 416 g/mol. The predicted octanol–water partition coefficient (Wildman–Crippen LogP) is 5.78. The van der Waals surface area contributed by atoms with Crippen LogP contribution in [0.1, 0.15) is 36.8 Å². The Morgan fingerprint density at radius 1 is 0.871 bits per heavy atom. The lowest BCUT2D eigenvalue weighted by atomic mass is 10.1. The van der Waals surface area contributed by atoms with Gasteiger partial charge in [0.05, 0.1) is 5.69 Å². The smallest absolute Gasteiger partial charge is 0.323 e. The third-order valence-electron chi connectivity index (χ3n) is 5.63. The molecule has 2 aromatic carbocycles. The van der Waals surface area contributed by atoms with Gasteiger partial charge in [0, 0.05) is 30.0 Å². The molecule has 1 saturated heterocycles. The van der Waals surface area contributed by atoms with Crippen LogP contribution in [0.25, 0.3) is 11.3 Å². The Hall–Kier alpha value is -3.41. The highest BCUT2D eigenvalue weighted by atomic mass is 16.2. The Kier molecular flexibility index (Phi) is 6.46. The Morgan fingerprint density at radius 3 is 2.39 bits per heavy atom. The summed E-state index contributed by atoms with van der Waals surface area (Å²) >= 11 is 0. The minimum atomic E-state index is -0.272. The summed E-state index contributed by atoms with van der Waals surface area (Å²) in [5.74, 6) is 0.938. The SMILES string of the molecule is Cc1ccc(NC(=O)Nc2cccc(-c3ccc(N4CCCCCC4)nn3)c2)c(C)c1. The molecular formula is C25H29N5O. The molecule has 1 fully saturated rings. The fraction of sp³-hybridized carbons (Fsp3) is 0.320. The minimum absolute atomic E-state index is 0.272. The number of carbonyl (C=O) groups is 1. The number of aromatic nitrogens is 2. The number of aryl methyl sites for hydroxylation is 2. The molecule has 0 unspecified atom stereocenters. The van der Waals surface area contributed by atoms with Crippen molar-refractivity contribution in [1.82, 2.24) is 10.2 Å². The standard InChI is InChI=1S/C25H29N5O/c1-18-10-11-22(19(2)16-18)27-25(31)26-21-9-7-8-20(17-21)23-12-13-24(29-28-23)30-14-5-3-4-6-15-30/h7-13,16-17H,3-6,14-15H2,1-2H3,(H2,26,27,31). The van der Waals surface area contributed by atoms with Gasteiger partial charge in [-0.3, -0.25) is 0 Å². The Bertz CT molecular complexity index is 1040. The maximum atomic E-state index is 12.5. The van der Waals surface area contributed by atoms with Gasteiger partial charge in [-0.2, -0.15) is 0 Å². The molecule has 4 rings (SSSR count). The highest BCUT2D eigenvalue weighted by Crippen LogP contribution is 2.23. The second-order valence-electron chi connectivity index (χ2n) is 8.16. The number of nitrogens with zero attached hydrogens (tertiary/aromatic N) is 3. The quantitative estimate of drug-likeness (QED) is 0.566. The first-order chi connectivity index (χ1) is 15.1. The van der Waals surface area contributed by atoms with Crippen molar-refractivity contribution in [3.63, 3.8) is 0 Å². The molecule has 2 amide bonds. The molecule has 0 saturated carbocycles. The first-order valence-corrected chi connectivity index (χ1v) is 10.9. The largest absolute Gasteiger partial charge is 0.355 e. The summed E-state index contributed by atoms with van der Waals surface area (Å²) in [7, 11) is 0. The lowest BCUT2D eigenvalue weighted by molar-refractivity contribution is 0.262. The van der Waals surface area contributed by atoms with Crippen LogP contribution in [0, 0.1) is 13.8 Å². The molecule has 160 valence electrons. The van der Waals surface area contributed by atoms with Crippen molar-refractivity contribution in [2.24, 2.45) is 0 Å². The Labute approximate surface area is 183 Å². The number of rotatable bonds is 4. The molecule has 0 spiro atoms. The number of hydrogen-bond donors (Lipinski definition) is 2. The number of benzene rings is 2. The number of nitrogens with one attached hydrogen (secondary N) is 2. The highest BCUT2D eigenvalue weighted by Gasteiger charge is 2.12. The third-order valence-corrected chi connectivity index (χ3v) is 5.63. The van der Waals surface area contributed by atoms with Crippen LogP contribution in [0.3, 0.4) is 0 Å². The van der Waals surface area contributed by atoms with Crippen LogP contribution in [0.5, 0.6) is 0 Å². The summed E-state index contributed by atoms with van der Waals surface area (Å²) in [5.41, 5.74) is 5.41. The summed E-state index contributed by atoms with van der Waals surface area (Å²) in [6.45, 7) is 6.11. The summed E-state index contributed by atoms with van der Waals surface area (Å²) < 4.78 is 0. The van der Waals surface area contributed by atoms with E-state index in [4.69, 9.17) is 0 Å². The van der Waals surface area contributed by atoms with Crippen LogP contribution in [-0.2, 0) is 0 Å². The van der Waals surface area contributed by atoms with Gasteiger partial charge in [-0.15, -0.1) is 10.2 Å².